The molecule has 2 aliphatic rings. The molecule has 3 aromatic heterocycles. The first kappa shape index (κ1) is 28.0. The summed E-state index contributed by atoms with van der Waals surface area (Å²) >= 11 is 0. The summed E-state index contributed by atoms with van der Waals surface area (Å²) in [5.74, 6) is 1.08. The van der Waals surface area contributed by atoms with E-state index in [1.54, 1.807) is 36.7 Å². The quantitative estimate of drug-likeness (QED) is 0.191. The number of piperazine rings is 1. The Morgan fingerprint density at radius 2 is 1.95 bits per heavy atom. The molecule has 4 aromatic rings. The van der Waals surface area contributed by atoms with E-state index in [1.165, 1.54) is 4.90 Å². The van der Waals surface area contributed by atoms with Crippen molar-refractivity contribution >= 4 is 29.5 Å². The summed E-state index contributed by atoms with van der Waals surface area (Å²) in [6.07, 6.45) is 2.99. The number of anilines is 3. The monoisotopic (exact) mass is 586 g/mol. The topological polar surface area (TPSA) is 195 Å². The van der Waals surface area contributed by atoms with E-state index in [2.05, 4.69) is 41.1 Å². The fraction of sp³-hybridized carbons (Fsp3) is 0.321. The normalized spacial score (nSPS) is 15.8. The molecule has 1 unspecified atom stereocenters. The Bertz CT molecular complexity index is 1610. The number of carbonyl (C=O) groups excluding carboxylic acids is 1. The number of carbonyl (C=O) groups is 2. The van der Waals surface area contributed by atoms with Gasteiger partial charge in [-0.25, -0.2) is 9.78 Å². The van der Waals surface area contributed by atoms with E-state index in [1.807, 2.05) is 17.0 Å². The van der Waals surface area contributed by atoms with Crippen LogP contribution in [0, 0.1) is 0 Å². The Hall–Kier alpha value is -5.15. The van der Waals surface area contributed by atoms with Gasteiger partial charge in [-0.05, 0) is 42.3 Å². The molecule has 1 aromatic carbocycles. The number of amides is 2. The fourth-order valence-electron chi connectivity index (χ4n) is 5.02. The third-order valence-corrected chi connectivity index (χ3v) is 7.31. The van der Waals surface area contributed by atoms with Crippen LogP contribution in [0.3, 0.4) is 0 Å². The summed E-state index contributed by atoms with van der Waals surface area (Å²) in [6, 6.07) is 10.3. The lowest BCUT2D eigenvalue weighted by Gasteiger charge is -2.32. The smallest absolute Gasteiger partial charge is 0.407 e. The van der Waals surface area contributed by atoms with Crippen LogP contribution in [0.5, 0.6) is 0 Å². The number of aliphatic hydroxyl groups excluding tert-OH is 1. The molecule has 0 radical (unpaired) electrons. The van der Waals surface area contributed by atoms with Crippen LogP contribution < -0.4 is 16.0 Å². The van der Waals surface area contributed by atoms with Gasteiger partial charge in [-0.1, -0.05) is 6.07 Å². The number of fused-ring (bicyclic) bond motifs is 1. The maximum Gasteiger partial charge on any atom is 0.407 e. The van der Waals surface area contributed by atoms with E-state index in [0.717, 1.165) is 17.7 Å². The van der Waals surface area contributed by atoms with Gasteiger partial charge in [-0.15, -0.1) is 10.2 Å². The molecule has 2 amide bonds. The van der Waals surface area contributed by atoms with Gasteiger partial charge in [0.25, 0.3) is 11.8 Å². The number of aliphatic hydroxyl groups is 1. The second-order valence-electron chi connectivity index (χ2n) is 10.1. The zero-order chi connectivity index (χ0) is 29.8. The van der Waals surface area contributed by atoms with Crippen molar-refractivity contribution in [1.29, 1.82) is 0 Å². The van der Waals surface area contributed by atoms with Gasteiger partial charge in [-0.3, -0.25) is 14.7 Å². The average Bonchev–Trinajstić information content (AvgIpc) is 3.49. The molecule has 15 nitrogen and oxygen atoms in total. The van der Waals surface area contributed by atoms with Gasteiger partial charge in [0.1, 0.15) is 5.82 Å². The summed E-state index contributed by atoms with van der Waals surface area (Å²) in [5, 5.41) is 37.1. The molecular weight excluding hydrogens is 556 g/mol. The number of benzene rings is 1. The summed E-state index contributed by atoms with van der Waals surface area (Å²) in [5.41, 5.74) is 3.34. The van der Waals surface area contributed by atoms with Crippen molar-refractivity contribution in [3.05, 3.63) is 71.5 Å². The Kier molecular flexibility index (Phi) is 8.06. The van der Waals surface area contributed by atoms with Gasteiger partial charge in [-0.2, -0.15) is 4.98 Å². The molecule has 0 bridgehead atoms. The number of rotatable bonds is 9. The first-order chi connectivity index (χ1) is 21.0. The van der Waals surface area contributed by atoms with E-state index in [-0.39, 0.29) is 24.4 Å². The molecule has 43 heavy (non-hydrogen) atoms. The van der Waals surface area contributed by atoms with Crippen LogP contribution >= 0.6 is 0 Å². The van der Waals surface area contributed by atoms with Gasteiger partial charge in [0, 0.05) is 56.4 Å². The van der Waals surface area contributed by atoms with Gasteiger partial charge in [0.15, 0.2) is 0 Å². The molecule has 1 saturated heterocycles. The second-order valence-corrected chi connectivity index (χ2v) is 10.1. The third kappa shape index (κ3) is 6.37. The van der Waals surface area contributed by atoms with Gasteiger partial charge < -0.3 is 35.5 Å². The lowest BCUT2D eigenvalue weighted by atomic mass is 10.00. The molecule has 5 N–H and O–H groups in total. The van der Waals surface area contributed by atoms with Crippen LogP contribution in [0.15, 0.2) is 53.2 Å². The molecule has 1 atom stereocenters. The lowest BCUT2D eigenvalue weighted by Crippen LogP contribution is -2.47. The fourth-order valence-corrected chi connectivity index (χ4v) is 5.02. The molecule has 15 heteroatoms. The molecule has 1 fully saturated rings. The van der Waals surface area contributed by atoms with Crippen molar-refractivity contribution < 1.29 is 24.2 Å². The van der Waals surface area contributed by atoms with Crippen molar-refractivity contribution in [2.45, 2.75) is 19.0 Å². The van der Waals surface area contributed by atoms with Crippen molar-refractivity contribution in [3.8, 4) is 11.5 Å². The average molecular weight is 587 g/mol. The highest BCUT2D eigenvalue weighted by Gasteiger charge is 2.24. The maximum atomic E-state index is 12.1. The number of aromatic nitrogens is 5. The highest BCUT2D eigenvalue weighted by atomic mass is 16.4. The molecule has 0 spiro atoms. The van der Waals surface area contributed by atoms with Crippen molar-refractivity contribution in [2.75, 3.05) is 50.0 Å². The van der Waals surface area contributed by atoms with E-state index in [0.29, 0.717) is 67.8 Å². The van der Waals surface area contributed by atoms with Crippen LogP contribution in [0.4, 0.5) is 22.2 Å². The van der Waals surface area contributed by atoms with Crippen LogP contribution in [0.2, 0.25) is 0 Å². The minimum atomic E-state index is -0.927. The number of hydrogen-bond donors (Lipinski definition) is 5. The Labute approximate surface area is 246 Å². The number of nitrogens with zero attached hydrogens (tertiary/aromatic N) is 7. The summed E-state index contributed by atoms with van der Waals surface area (Å²) < 4.78 is 5.99. The highest BCUT2D eigenvalue weighted by Crippen LogP contribution is 2.30. The predicted molar refractivity (Wildman–Crippen MR) is 154 cm³/mol. The molecule has 5 heterocycles. The summed E-state index contributed by atoms with van der Waals surface area (Å²) in [6.45, 7) is 2.60. The van der Waals surface area contributed by atoms with E-state index in [4.69, 9.17) is 4.42 Å². The summed E-state index contributed by atoms with van der Waals surface area (Å²) in [4.78, 5) is 40.3. The molecule has 222 valence electrons. The molecule has 2 aliphatic heterocycles. The molecule has 0 aliphatic carbocycles. The Balaban J connectivity index is 1.26. The number of nitrogens with one attached hydrogen (secondary N) is 3. The van der Waals surface area contributed by atoms with Gasteiger partial charge in [0.2, 0.25) is 11.8 Å². The van der Waals surface area contributed by atoms with Crippen molar-refractivity contribution in [2.24, 2.45) is 0 Å². The number of pyridine rings is 1. The van der Waals surface area contributed by atoms with Crippen molar-refractivity contribution in [3.63, 3.8) is 0 Å². The Morgan fingerprint density at radius 1 is 1.09 bits per heavy atom. The van der Waals surface area contributed by atoms with Gasteiger partial charge >= 0.3 is 6.09 Å². The highest BCUT2D eigenvalue weighted by molar-refractivity contribution is 5.97. The Morgan fingerprint density at radius 3 is 2.72 bits per heavy atom. The SMILES string of the molecule is O=C1NCCc2cc(Nc3ncc(-c4nnc(CN5CCN(C(=O)O)CC5)o4)c(NC(CO)c4ccccn4)n3)ccc21. The zero-order valence-electron chi connectivity index (χ0n) is 23.1. The minimum Gasteiger partial charge on any atom is -0.465 e. The van der Waals surface area contributed by atoms with E-state index < -0.39 is 12.1 Å². The number of carboxylic acid groups (broad SMARTS) is 1. The maximum absolute atomic E-state index is 12.1. The third-order valence-electron chi connectivity index (χ3n) is 7.31. The van der Waals surface area contributed by atoms with Crippen LogP contribution in [-0.4, -0.2) is 96.5 Å². The molecule has 0 saturated carbocycles. The molecule has 6 rings (SSSR count). The van der Waals surface area contributed by atoms with Crippen LogP contribution in [0.25, 0.3) is 11.5 Å². The van der Waals surface area contributed by atoms with Crippen LogP contribution in [-0.2, 0) is 13.0 Å². The summed E-state index contributed by atoms with van der Waals surface area (Å²) in [7, 11) is 0. The number of hydrogen-bond acceptors (Lipinski definition) is 12. The predicted octanol–water partition coefficient (Wildman–Crippen LogP) is 1.89. The largest absolute Gasteiger partial charge is 0.465 e. The van der Waals surface area contributed by atoms with E-state index in [9.17, 15) is 19.8 Å². The zero-order valence-corrected chi connectivity index (χ0v) is 23.1. The minimum absolute atomic E-state index is 0.0918. The standard InChI is InChI=1S/C28H30N10O5/c39-16-22(21-3-1-2-7-29-21)33-24-20(26-36-35-23(43-26)15-37-9-11-38(12-10-37)28(41)42)14-31-27(34-24)32-18-4-5-19-17(13-18)6-8-30-25(19)40/h1-5,7,13-14,22,39H,6,8-12,15-16H2,(H,30,40)(H,41,42)(H2,31,32,33,34). The second kappa shape index (κ2) is 12.4. The van der Waals surface area contributed by atoms with Gasteiger partial charge in [0.05, 0.1) is 30.5 Å². The van der Waals surface area contributed by atoms with Crippen molar-refractivity contribution in [1.82, 2.24) is 40.3 Å². The molecular formula is C28H30N10O5. The first-order valence-corrected chi connectivity index (χ1v) is 13.8. The first-order valence-electron chi connectivity index (χ1n) is 13.8. The lowest BCUT2D eigenvalue weighted by molar-refractivity contribution is 0.0945. The van der Waals surface area contributed by atoms with E-state index >= 15 is 0 Å². The van der Waals surface area contributed by atoms with Crippen LogP contribution in [0.1, 0.15) is 33.5 Å².